The Morgan fingerprint density at radius 3 is 2.52 bits per heavy atom. The molecule has 0 unspecified atom stereocenters. The van der Waals surface area contributed by atoms with Crippen LogP contribution in [0.5, 0.6) is 0 Å². The van der Waals surface area contributed by atoms with E-state index in [0.717, 1.165) is 50.8 Å². The lowest BCUT2D eigenvalue weighted by Gasteiger charge is -2.36. The molecule has 1 saturated carbocycles. The summed E-state index contributed by atoms with van der Waals surface area (Å²) in [5.41, 5.74) is 0.629. The highest BCUT2D eigenvalue weighted by atomic mass is 19.2. The molecule has 146 valence electrons. The fraction of sp³-hybridized carbons (Fsp3) is 0.619. The molecule has 4 fully saturated rings. The third-order valence-corrected chi connectivity index (χ3v) is 6.41. The van der Waals surface area contributed by atoms with E-state index in [4.69, 9.17) is 0 Å². The van der Waals surface area contributed by atoms with Crippen molar-refractivity contribution in [2.75, 3.05) is 19.6 Å². The van der Waals surface area contributed by atoms with Crippen LogP contribution in [-0.4, -0.2) is 47.3 Å². The molecule has 3 heterocycles. The molecular formula is C21H26F2N2O2. The van der Waals surface area contributed by atoms with Crippen LogP contribution in [0.15, 0.2) is 18.2 Å². The van der Waals surface area contributed by atoms with E-state index in [9.17, 15) is 18.4 Å². The second-order valence-corrected chi connectivity index (χ2v) is 8.26. The number of halogens is 2. The number of fused-ring (bicyclic) bond motifs is 4. The highest BCUT2D eigenvalue weighted by Crippen LogP contribution is 2.33. The van der Waals surface area contributed by atoms with Crippen molar-refractivity contribution in [3.63, 3.8) is 0 Å². The van der Waals surface area contributed by atoms with Crippen LogP contribution in [0, 0.1) is 23.5 Å². The van der Waals surface area contributed by atoms with Gasteiger partial charge in [0.05, 0.1) is 0 Å². The minimum absolute atomic E-state index is 0.0485. The number of amides is 2. The van der Waals surface area contributed by atoms with Crippen LogP contribution in [0.2, 0.25) is 0 Å². The third-order valence-electron chi connectivity index (χ3n) is 6.41. The second kappa shape index (κ2) is 7.56. The van der Waals surface area contributed by atoms with Gasteiger partial charge in [0.1, 0.15) is 0 Å². The van der Waals surface area contributed by atoms with Gasteiger partial charge in [0.15, 0.2) is 11.6 Å². The summed E-state index contributed by atoms with van der Waals surface area (Å²) in [6.07, 6.45) is 5.83. The van der Waals surface area contributed by atoms with Crippen molar-refractivity contribution in [1.29, 1.82) is 0 Å². The number of hydrogen-bond acceptors (Lipinski definition) is 2. The lowest BCUT2D eigenvalue weighted by atomic mass is 9.84. The quantitative estimate of drug-likeness (QED) is 0.810. The summed E-state index contributed by atoms with van der Waals surface area (Å²) in [7, 11) is 0. The van der Waals surface area contributed by atoms with Crippen molar-refractivity contribution in [3.05, 3.63) is 35.4 Å². The molecule has 3 aliphatic heterocycles. The zero-order valence-corrected chi connectivity index (χ0v) is 15.5. The fourth-order valence-corrected chi connectivity index (χ4v) is 4.57. The minimum atomic E-state index is -0.876. The Bertz CT molecular complexity index is 735. The number of carbonyl (C=O) groups excluding carboxylic acids is 2. The first-order valence-electron chi connectivity index (χ1n) is 10.0. The normalized spacial score (nSPS) is 25.3. The molecule has 27 heavy (non-hydrogen) atoms. The van der Waals surface area contributed by atoms with Crippen molar-refractivity contribution >= 4 is 11.8 Å². The van der Waals surface area contributed by atoms with Crippen LogP contribution in [0.3, 0.4) is 0 Å². The number of carbonyl (C=O) groups is 2. The van der Waals surface area contributed by atoms with Gasteiger partial charge in [-0.1, -0.05) is 12.5 Å². The third kappa shape index (κ3) is 3.85. The molecule has 4 aliphatic rings. The molecule has 1 aliphatic carbocycles. The predicted octanol–water partition coefficient (Wildman–Crippen LogP) is 3.15. The standard InChI is InChI=1S/C21H26F2N2O2/c22-18-8-5-14(10-19(18)23)6-9-20(26)25-12-15-4-7-17(25)13-24(11-15)21(27)16-2-1-3-16/h5,8,10,15-17H,1-4,6-7,9,11-13H2/t15-,17+/m1/s1. The monoisotopic (exact) mass is 376 g/mol. The van der Waals surface area contributed by atoms with E-state index < -0.39 is 11.6 Å². The van der Waals surface area contributed by atoms with Gasteiger partial charge in [-0.3, -0.25) is 9.59 Å². The molecule has 0 radical (unpaired) electrons. The van der Waals surface area contributed by atoms with Gasteiger partial charge in [0.2, 0.25) is 11.8 Å². The van der Waals surface area contributed by atoms with E-state index in [1.54, 1.807) is 0 Å². The summed E-state index contributed by atoms with van der Waals surface area (Å²) < 4.78 is 26.4. The molecule has 0 N–H and O–H groups in total. The van der Waals surface area contributed by atoms with Crippen LogP contribution in [0.1, 0.15) is 44.1 Å². The van der Waals surface area contributed by atoms with Crippen molar-refractivity contribution < 1.29 is 18.4 Å². The fourth-order valence-electron chi connectivity index (χ4n) is 4.57. The highest BCUT2D eigenvalue weighted by molar-refractivity contribution is 5.80. The lowest BCUT2D eigenvalue weighted by Crippen LogP contribution is -2.48. The van der Waals surface area contributed by atoms with E-state index in [2.05, 4.69) is 0 Å². The van der Waals surface area contributed by atoms with Crippen molar-refractivity contribution in [3.8, 4) is 0 Å². The number of nitrogens with zero attached hydrogens (tertiary/aromatic N) is 2. The zero-order chi connectivity index (χ0) is 19.0. The number of piperidine rings is 1. The summed E-state index contributed by atoms with van der Waals surface area (Å²) >= 11 is 0. The second-order valence-electron chi connectivity index (χ2n) is 8.26. The molecule has 0 aromatic heterocycles. The molecule has 5 rings (SSSR count). The largest absolute Gasteiger partial charge is 0.340 e. The number of rotatable bonds is 4. The van der Waals surface area contributed by atoms with Gasteiger partial charge in [-0.05, 0) is 55.7 Å². The maximum atomic E-state index is 13.3. The molecule has 4 nitrogen and oxygen atoms in total. The van der Waals surface area contributed by atoms with Gasteiger partial charge in [0.25, 0.3) is 0 Å². The Labute approximate surface area is 158 Å². The molecule has 0 spiro atoms. The van der Waals surface area contributed by atoms with Gasteiger partial charge < -0.3 is 9.80 Å². The van der Waals surface area contributed by atoms with Crippen LogP contribution in [0.4, 0.5) is 8.78 Å². The smallest absolute Gasteiger partial charge is 0.225 e. The van der Waals surface area contributed by atoms with Crippen LogP contribution >= 0.6 is 0 Å². The summed E-state index contributed by atoms with van der Waals surface area (Å²) in [4.78, 5) is 29.4. The lowest BCUT2D eigenvalue weighted by molar-refractivity contribution is -0.140. The van der Waals surface area contributed by atoms with E-state index in [0.29, 0.717) is 31.0 Å². The number of benzene rings is 1. The predicted molar refractivity (Wildman–Crippen MR) is 96.8 cm³/mol. The summed E-state index contributed by atoms with van der Waals surface area (Å²) in [6, 6.07) is 3.88. The summed E-state index contributed by atoms with van der Waals surface area (Å²) in [6.45, 7) is 2.11. The van der Waals surface area contributed by atoms with E-state index in [1.807, 2.05) is 9.80 Å². The molecule has 2 bridgehead atoms. The Morgan fingerprint density at radius 1 is 1.00 bits per heavy atom. The number of hydrogen-bond donors (Lipinski definition) is 0. The first-order chi connectivity index (χ1) is 13.0. The van der Waals surface area contributed by atoms with Gasteiger partial charge in [-0.15, -0.1) is 0 Å². The molecule has 2 amide bonds. The summed E-state index contributed by atoms with van der Waals surface area (Å²) in [5.74, 6) is -0.883. The molecular weight excluding hydrogens is 350 g/mol. The van der Waals surface area contributed by atoms with Crippen LogP contribution in [0.25, 0.3) is 0 Å². The van der Waals surface area contributed by atoms with E-state index in [1.165, 1.54) is 6.07 Å². The average molecular weight is 376 g/mol. The SMILES string of the molecule is O=C(C1CCC1)N1C[C@H]2CC[C@@H](C1)N(C(=O)CCc1ccc(F)c(F)c1)C2. The molecule has 1 aromatic carbocycles. The van der Waals surface area contributed by atoms with Crippen molar-refractivity contribution in [1.82, 2.24) is 9.80 Å². The van der Waals surface area contributed by atoms with Gasteiger partial charge in [-0.25, -0.2) is 8.78 Å². The van der Waals surface area contributed by atoms with Gasteiger partial charge in [0, 0.05) is 38.0 Å². The van der Waals surface area contributed by atoms with E-state index in [-0.39, 0.29) is 30.2 Å². The Balaban J connectivity index is 1.37. The molecule has 3 saturated heterocycles. The molecule has 6 heteroatoms. The Kier molecular flexibility index (Phi) is 5.15. The van der Waals surface area contributed by atoms with Crippen LogP contribution < -0.4 is 0 Å². The maximum absolute atomic E-state index is 13.3. The summed E-state index contributed by atoms with van der Waals surface area (Å²) in [5, 5.41) is 0. The maximum Gasteiger partial charge on any atom is 0.225 e. The van der Waals surface area contributed by atoms with Gasteiger partial charge in [-0.2, -0.15) is 0 Å². The van der Waals surface area contributed by atoms with Crippen LogP contribution in [-0.2, 0) is 16.0 Å². The zero-order valence-electron chi connectivity index (χ0n) is 15.5. The van der Waals surface area contributed by atoms with Gasteiger partial charge >= 0.3 is 0 Å². The van der Waals surface area contributed by atoms with Crippen molar-refractivity contribution in [2.24, 2.45) is 11.8 Å². The molecule has 2 atom stereocenters. The Morgan fingerprint density at radius 2 is 1.81 bits per heavy atom. The Hall–Kier alpha value is -1.98. The minimum Gasteiger partial charge on any atom is -0.340 e. The first kappa shape index (κ1) is 18.4. The van der Waals surface area contributed by atoms with Crippen molar-refractivity contribution in [2.45, 2.75) is 51.0 Å². The first-order valence-corrected chi connectivity index (χ1v) is 10.0. The molecule has 1 aromatic rings. The average Bonchev–Trinajstić information content (AvgIpc) is 2.93. The highest BCUT2D eigenvalue weighted by Gasteiger charge is 2.40. The number of aryl methyl sites for hydroxylation is 1. The topological polar surface area (TPSA) is 40.6 Å². The van der Waals surface area contributed by atoms with E-state index >= 15 is 0 Å².